The smallest absolute Gasteiger partial charge is 0.251 e. The van der Waals surface area contributed by atoms with Crippen LogP contribution in [0.4, 0.5) is 0 Å². The number of carbonyl (C=O) groups is 1. The van der Waals surface area contributed by atoms with Crippen LogP contribution in [0.15, 0.2) is 36.8 Å². The van der Waals surface area contributed by atoms with Crippen molar-refractivity contribution in [1.82, 2.24) is 14.9 Å². The number of imidazole rings is 1. The van der Waals surface area contributed by atoms with Crippen LogP contribution in [0.3, 0.4) is 0 Å². The molecular formula is C16H19N3O2. The lowest BCUT2D eigenvalue weighted by Gasteiger charge is -2.24. The maximum Gasteiger partial charge on any atom is 0.251 e. The molecule has 2 aromatic rings. The molecule has 0 spiro atoms. The molecule has 0 fully saturated rings. The number of hydrogen-bond donors (Lipinski definition) is 1. The number of nitrogens with zero attached hydrogens (tertiary/aromatic N) is 2. The molecule has 0 saturated carbocycles. The third kappa shape index (κ3) is 3.07. The summed E-state index contributed by atoms with van der Waals surface area (Å²) >= 11 is 0. The van der Waals surface area contributed by atoms with Gasteiger partial charge in [0.25, 0.3) is 5.91 Å². The summed E-state index contributed by atoms with van der Waals surface area (Å²) in [6, 6.07) is 7.43. The maximum atomic E-state index is 12.3. The number of rotatable bonds is 4. The van der Waals surface area contributed by atoms with Gasteiger partial charge in [0.2, 0.25) is 0 Å². The van der Waals surface area contributed by atoms with E-state index in [1.807, 2.05) is 31.6 Å². The Bertz CT molecular complexity index is 619. The number of aromatic nitrogens is 2. The Balaban J connectivity index is 1.61. The Labute approximate surface area is 124 Å². The van der Waals surface area contributed by atoms with Gasteiger partial charge in [-0.3, -0.25) is 4.79 Å². The second-order valence-electron chi connectivity index (χ2n) is 5.20. The summed E-state index contributed by atoms with van der Waals surface area (Å²) in [6.07, 6.45) is 5.49. The van der Waals surface area contributed by atoms with E-state index < -0.39 is 0 Å². The molecule has 0 aliphatic carbocycles. The van der Waals surface area contributed by atoms with Crippen molar-refractivity contribution in [3.8, 4) is 5.75 Å². The second-order valence-corrected chi connectivity index (χ2v) is 5.20. The lowest BCUT2D eigenvalue weighted by atomic mass is 10.0. The molecule has 0 bridgehead atoms. The third-order valence-electron chi connectivity index (χ3n) is 3.74. The lowest BCUT2D eigenvalue weighted by molar-refractivity contribution is 0.0931. The minimum absolute atomic E-state index is 0.0315. The summed E-state index contributed by atoms with van der Waals surface area (Å²) in [6.45, 7) is 3.47. The average Bonchev–Trinajstić information content (AvgIpc) is 2.96. The van der Waals surface area contributed by atoms with Crippen molar-refractivity contribution in [2.24, 2.45) is 0 Å². The minimum Gasteiger partial charge on any atom is -0.494 e. The van der Waals surface area contributed by atoms with Gasteiger partial charge in [0, 0.05) is 36.5 Å². The predicted octanol–water partition coefficient (Wildman–Crippen LogP) is 2.03. The van der Waals surface area contributed by atoms with Crippen molar-refractivity contribution in [2.75, 3.05) is 6.61 Å². The van der Waals surface area contributed by atoms with E-state index in [9.17, 15) is 4.79 Å². The highest BCUT2D eigenvalue weighted by Gasteiger charge is 2.20. The van der Waals surface area contributed by atoms with Gasteiger partial charge >= 0.3 is 0 Å². The van der Waals surface area contributed by atoms with E-state index in [0.29, 0.717) is 12.2 Å². The third-order valence-corrected chi connectivity index (χ3v) is 3.74. The van der Waals surface area contributed by atoms with Crippen LogP contribution < -0.4 is 10.1 Å². The van der Waals surface area contributed by atoms with E-state index in [-0.39, 0.29) is 11.9 Å². The molecule has 2 heterocycles. The predicted molar refractivity (Wildman–Crippen MR) is 79.4 cm³/mol. The fourth-order valence-corrected chi connectivity index (χ4v) is 2.63. The molecular weight excluding hydrogens is 266 g/mol. The molecule has 1 unspecified atom stereocenters. The van der Waals surface area contributed by atoms with Crippen LogP contribution in [0.2, 0.25) is 0 Å². The normalized spacial score (nSPS) is 17.1. The molecule has 1 aromatic heterocycles. The SMILES string of the molecule is CCOc1ccc(C(=O)NC2CCn3cncc3C2)cc1. The van der Waals surface area contributed by atoms with Crippen molar-refractivity contribution in [3.63, 3.8) is 0 Å². The molecule has 1 amide bonds. The highest BCUT2D eigenvalue weighted by atomic mass is 16.5. The first-order chi connectivity index (χ1) is 10.3. The van der Waals surface area contributed by atoms with Crippen molar-refractivity contribution < 1.29 is 9.53 Å². The molecule has 5 nitrogen and oxygen atoms in total. The van der Waals surface area contributed by atoms with Gasteiger partial charge in [-0.25, -0.2) is 4.98 Å². The van der Waals surface area contributed by atoms with E-state index in [1.54, 1.807) is 12.1 Å². The topological polar surface area (TPSA) is 56.1 Å². The van der Waals surface area contributed by atoms with Crippen molar-refractivity contribution >= 4 is 5.91 Å². The van der Waals surface area contributed by atoms with Gasteiger partial charge in [0.05, 0.1) is 12.9 Å². The molecule has 5 heteroatoms. The highest BCUT2D eigenvalue weighted by molar-refractivity contribution is 5.94. The molecule has 0 saturated heterocycles. The highest BCUT2D eigenvalue weighted by Crippen LogP contribution is 2.16. The average molecular weight is 285 g/mol. The van der Waals surface area contributed by atoms with Crippen LogP contribution in [0.5, 0.6) is 5.75 Å². The number of ether oxygens (including phenoxy) is 1. The van der Waals surface area contributed by atoms with Crippen LogP contribution in [-0.2, 0) is 13.0 Å². The summed E-state index contributed by atoms with van der Waals surface area (Å²) in [4.78, 5) is 16.4. The molecule has 1 aliphatic heterocycles. The van der Waals surface area contributed by atoms with Crippen molar-refractivity contribution in [3.05, 3.63) is 48.0 Å². The largest absolute Gasteiger partial charge is 0.494 e. The van der Waals surface area contributed by atoms with Crippen LogP contribution in [0, 0.1) is 0 Å². The first kappa shape index (κ1) is 13.7. The first-order valence-corrected chi connectivity index (χ1v) is 7.29. The number of fused-ring (bicyclic) bond motifs is 1. The Morgan fingerprint density at radius 2 is 2.24 bits per heavy atom. The van der Waals surface area contributed by atoms with Gasteiger partial charge in [-0.1, -0.05) is 0 Å². The molecule has 1 aromatic carbocycles. The zero-order chi connectivity index (χ0) is 14.7. The summed E-state index contributed by atoms with van der Waals surface area (Å²) in [5.41, 5.74) is 1.84. The molecule has 1 aliphatic rings. The minimum atomic E-state index is -0.0315. The Morgan fingerprint density at radius 1 is 1.43 bits per heavy atom. The zero-order valence-electron chi connectivity index (χ0n) is 12.1. The van der Waals surface area contributed by atoms with Gasteiger partial charge < -0.3 is 14.6 Å². The number of aryl methyl sites for hydroxylation is 1. The second kappa shape index (κ2) is 5.99. The Morgan fingerprint density at radius 3 is 3.00 bits per heavy atom. The quantitative estimate of drug-likeness (QED) is 0.935. The number of amides is 1. The standard InChI is InChI=1S/C16H19N3O2/c1-2-21-15-5-3-12(4-6-15)16(20)18-13-7-8-19-11-17-10-14(19)9-13/h3-6,10-11,13H,2,7-9H2,1H3,(H,18,20). The summed E-state index contributed by atoms with van der Waals surface area (Å²) in [5, 5.41) is 3.10. The van der Waals surface area contributed by atoms with Gasteiger partial charge in [-0.15, -0.1) is 0 Å². The van der Waals surface area contributed by atoms with E-state index in [0.717, 1.165) is 25.1 Å². The van der Waals surface area contributed by atoms with E-state index >= 15 is 0 Å². The van der Waals surface area contributed by atoms with E-state index in [4.69, 9.17) is 4.74 Å². The number of benzene rings is 1. The van der Waals surface area contributed by atoms with Gasteiger partial charge in [0.15, 0.2) is 0 Å². The lowest BCUT2D eigenvalue weighted by Crippen LogP contribution is -2.39. The monoisotopic (exact) mass is 285 g/mol. The van der Waals surface area contributed by atoms with Gasteiger partial charge in [-0.05, 0) is 37.6 Å². The molecule has 110 valence electrons. The van der Waals surface area contributed by atoms with Crippen molar-refractivity contribution in [2.45, 2.75) is 32.4 Å². The van der Waals surface area contributed by atoms with Crippen LogP contribution in [0.25, 0.3) is 0 Å². The number of hydrogen-bond acceptors (Lipinski definition) is 3. The fourth-order valence-electron chi connectivity index (χ4n) is 2.63. The fraction of sp³-hybridized carbons (Fsp3) is 0.375. The summed E-state index contributed by atoms with van der Waals surface area (Å²) in [7, 11) is 0. The molecule has 3 rings (SSSR count). The molecule has 21 heavy (non-hydrogen) atoms. The van der Waals surface area contributed by atoms with Gasteiger partial charge in [0.1, 0.15) is 5.75 Å². The Kier molecular flexibility index (Phi) is 3.90. The van der Waals surface area contributed by atoms with Gasteiger partial charge in [-0.2, -0.15) is 0 Å². The van der Waals surface area contributed by atoms with Crippen LogP contribution >= 0.6 is 0 Å². The maximum absolute atomic E-state index is 12.3. The molecule has 1 atom stereocenters. The van der Waals surface area contributed by atoms with Crippen LogP contribution in [0.1, 0.15) is 29.4 Å². The number of nitrogens with one attached hydrogen (secondary N) is 1. The van der Waals surface area contributed by atoms with Crippen LogP contribution in [-0.4, -0.2) is 28.1 Å². The zero-order valence-corrected chi connectivity index (χ0v) is 12.1. The van der Waals surface area contributed by atoms with E-state index in [2.05, 4.69) is 14.9 Å². The number of carbonyl (C=O) groups excluding carboxylic acids is 1. The van der Waals surface area contributed by atoms with E-state index in [1.165, 1.54) is 5.69 Å². The van der Waals surface area contributed by atoms with Crippen molar-refractivity contribution in [1.29, 1.82) is 0 Å². The molecule has 1 N–H and O–H groups in total. The first-order valence-electron chi connectivity index (χ1n) is 7.29. The molecule has 0 radical (unpaired) electrons. The Hall–Kier alpha value is -2.30. The summed E-state index contributed by atoms with van der Waals surface area (Å²) < 4.78 is 7.52. The summed E-state index contributed by atoms with van der Waals surface area (Å²) in [5.74, 6) is 0.756.